The van der Waals surface area contributed by atoms with Gasteiger partial charge in [0.25, 0.3) is 0 Å². The normalized spacial score (nSPS) is 11.3. The first-order chi connectivity index (χ1) is 14.1. The van der Waals surface area contributed by atoms with E-state index in [9.17, 15) is 4.79 Å². The monoisotopic (exact) mass is 405 g/mol. The highest BCUT2D eigenvalue weighted by molar-refractivity contribution is 7.99. The van der Waals surface area contributed by atoms with Crippen LogP contribution in [0.15, 0.2) is 47.6 Å². The molecule has 4 rings (SSSR count). The molecule has 0 aliphatic rings. The van der Waals surface area contributed by atoms with Crippen LogP contribution in [-0.4, -0.2) is 31.4 Å². The molecule has 0 saturated heterocycles. The number of para-hydroxylation sites is 2. The quantitative estimate of drug-likeness (QED) is 0.469. The van der Waals surface area contributed by atoms with E-state index in [0.717, 1.165) is 51.8 Å². The van der Waals surface area contributed by atoms with Crippen molar-refractivity contribution < 1.29 is 4.79 Å². The maximum Gasteiger partial charge on any atom is 0.234 e. The summed E-state index contributed by atoms with van der Waals surface area (Å²) < 4.78 is 2.18. The van der Waals surface area contributed by atoms with Crippen molar-refractivity contribution in [3.8, 4) is 0 Å². The van der Waals surface area contributed by atoms with E-state index < -0.39 is 0 Å². The average molecular weight is 406 g/mol. The predicted molar refractivity (Wildman–Crippen MR) is 118 cm³/mol. The second kappa shape index (κ2) is 8.21. The van der Waals surface area contributed by atoms with Gasteiger partial charge in [-0.1, -0.05) is 55.1 Å². The van der Waals surface area contributed by atoms with E-state index in [1.807, 2.05) is 50.2 Å². The Morgan fingerprint density at radius 3 is 2.59 bits per heavy atom. The van der Waals surface area contributed by atoms with E-state index in [1.54, 1.807) is 0 Å². The molecule has 2 heterocycles. The van der Waals surface area contributed by atoms with Gasteiger partial charge < -0.3 is 9.88 Å². The summed E-state index contributed by atoms with van der Waals surface area (Å²) in [5.41, 5.74) is 5.70. The highest BCUT2D eigenvalue weighted by Gasteiger charge is 2.15. The van der Waals surface area contributed by atoms with Gasteiger partial charge in [0.15, 0.2) is 5.65 Å². The second-order valence-corrected chi connectivity index (χ2v) is 7.98. The first-order valence-electron chi connectivity index (χ1n) is 9.69. The Balaban J connectivity index is 1.56. The predicted octanol–water partition coefficient (Wildman–Crippen LogP) is 4.74. The third kappa shape index (κ3) is 3.82. The fourth-order valence-electron chi connectivity index (χ4n) is 3.52. The van der Waals surface area contributed by atoms with Crippen molar-refractivity contribution in [1.82, 2.24) is 19.7 Å². The number of carbonyl (C=O) groups is 1. The Morgan fingerprint density at radius 2 is 1.83 bits per heavy atom. The number of aryl methyl sites for hydroxylation is 3. The van der Waals surface area contributed by atoms with Gasteiger partial charge in [0, 0.05) is 17.6 Å². The Morgan fingerprint density at radius 1 is 1.07 bits per heavy atom. The van der Waals surface area contributed by atoms with E-state index in [4.69, 9.17) is 4.98 Å². The zero-order chi connectivity index (χ0) is 20.4. The average Bonchev–Trinajstić information content (AvgIpc) is 3.03. The number of carbonyl (C=O) groups excluding carboxylic acids is 1. The topological polar surface area (TPSA) is 72.7 Å². The van der Waals surface area contributed by atoms with Crippen molar-refractivity contribution >= 4 is 45.4 Å². The lowest BCUT2D eigenvalue weighted by atomic mass is 10.1. The number of fused-ring (bicyclic) bond motifs is 3. The molecule has 0 fully saturated rings. The van der Waals surface area contributed by atoms with Crippen LogP contribution >= 0.6 is 11.8 Å². The highest BCUT2D eigenvalue weighted by Crippen LogP contribution is 2.27. The van der Waals surface area contributed by atoms with Gasteiger partial charge in [-0.25, -0.2) is 4.98 Å². The van der Waals surface area contributed by atoms with Crippen LogP contribution in [0.3, 0.4) is 0 Å². The second-order valence-electron chi connectivity index (χ2n) is 7.04. The minimum atomic E-state index is -0.0785. The van der Waals surface area contributed by atoms with E-state index in [1.165, 1.54) is 11.8 Å². The van der Waals surface area contributed by atoms with E-state index in [0.29, 0.717) is 5.16 Å². The van der Waals surface area contributed by atoms with Crippen molar-refractivity contribution in [1.29, 1.82) is 0 Å². The molecule has 0 unspecified atom stereocenters. The van der Waals surface area contributed by atoms with Crippen molar-refractivity contribution in [3.05, 3.63) is 53.6 Å². The number of benzene rings is 2. The van der Waals surface area contributed by atoms with Gasteiger partial charge in [-0.15, -0.1) is 10.2 Å². The number of amides is 1. The van der Waals surface area contributed by atoms with Crippen molar-refractivity contribution in [2.24, 2.45) is 0 Å². The van der Waals surface area contributed by atoms with Crippen LogP contribution in [0, 0.1) is 13.8 Å². The minimum Gasteiger partial charge on any atom is -0.325 e. The van der Waals surface area contributed by atoms with Crippen LogP contribution in [0.2, 0.25) is 0 Å². The molecular formula is C22H23N5OS. The molecule has 4 aromatic rings. The summed E-state index contributed by atoms with van der Waals surface area (Å²) in [6.45, 7) is 6.98. The molecule has 7 heteroatoms. The molecule has 1 amide bonds. The van der Waals surface area contributed by atoms with Crippen molar-refractivity contribution in [2.75, 3.05) is 11.1 Å². The first-order valence-corrected chi connectivity index (χ1v) is 10.7. The standard InChI is InChI=1S/C22H23N5OS/c1-4-12-27-17-11-6-5-10-16(17)20-21(27)24-22(26-25-20)29-13-18(28)23-19-14(2)8-7-9-15(19)3/h5-11H,4,12-13H2,1-3H3,(H,23,28). The van der Waals surface area contributed by atoms with Crippen LogP contribution in [0.4, 0.5) is 5.69 Å². The zero-order valence-corrected chi connectivity index (χ0v) is 17.6. The number of aromatic nitrogens is 4. The SMILES string of the molecule is CCCn1c2ccccc2c2nnc(SCC(=O)Nc3c(C)cccc3C)nc21. The van der Waals surface area contributed by atoms with Gasteiger partial charge in [0.2, 0.25) is 11.1 Å². The fourth-order valence-corrected chi connectivity index (χ4v) is 4.10. The van der Waals surface area contributed by atoms with Gasteiger partial charge >= 0.3 is 0 Å². The molecule has 0 bridgehead atoms. The first kappa shape index (κ1) is 19.4. The number of rotatable bonds is 6. The molecule has 1 N–H and O–H groups in total. The molecular weight excluding hydrogens is 382 g/mol. The third-order valence-electron chi connectivity index (χ3n) is 4.88. The Labute approximate surface area is 173 Å². The lowest BCUT2D eigenvalue weighted by molar-refractivity contribution is -0.113. The molecule has 29 heavy (non-hydrogen) atoms. The summed E-state index contributed by atoms with van der Waals surface area (Å²) in [4.78, 5) is 17.2. The summed E-state index contributed by atoms with van der Waals surface area (Å²) in [5.74, 6) is 0.153. The lowest BCUT2D eigenvalue weighted by Gasteiger charge is -2.11. The largest absolute Gasteiger partial charge is 0.325 e. The molecule has 0 aliphatic carbocycles. The smallest absolute Gasteiger partial charge is 0.234 e. The molecule has 0 spiro atoms. The molecule has 0 radical (unpaired) electrons. The van der Waals surface area contributed by atoms with Crippen molar-refractivity contribution in [2.45, 2.75) is 38.9 Å². The van der Waals surface area contributed by atoms with Crippen LogP contribution < -0.4 is 5.32 Å². The number of nitrogens with one attached hydrogen (secondary N) is 1. The summed E-state index contributed by atoms with van der Waals surface area (Å²) in [6, 6.07) is 14.1. The third-order valence-corrected chi connectivity index (χ3v) is 5.72. The molecule has 2 aromatic carbocycles. The number of hydrogen-bond acceptors (Lipinski definition) is 5. The Kier molecular flexibility index (Phi) is 5.49. The van der Waals surface area contributed by atoms with Crippen LogP contribution in [0.1, 0.15) is 24.5 Å². The lowest BCUT2D eigenvalue weighted by Crippen LogP contribution is -2.16. The van der Waals surface area contributed by atoms with E-state index in [2.05, 4.69) is 33.1 Å². The summed E-state index contributed by atoms with van der Waals surface area (Å²) in [5, 5.41) is 13.2. The minimum absolute atomic E-state index is 0.0785. The molecule has 0 aliphatic heterocycles. The van der Waals surface area contributed by atoms with Gasteiger partial charge in [0.1, 0.15) is 5.52 Å². The van der Waals surface area contributed by atoms with E-state index >= 15 is 0 Å². The summed E-state index contributed by atoms with van der Waals surface area (Å²) in [7, 11) is 0. The molecule has 2 aromatic heterocycles. The molecule has 6 nitrogen and oxygen atoms in total. The van der Waals surface area contributed by atoms with Crippen LogP contribution in [-0.2, 0) is 11.3 Å². The van der Waals surface area contributed by atoms with Gasteiger partial charge in [0.05, 0.1) is 11.3 Å². The number of thioether (sulfide) groups is 1. The number of hydrogen-bond donors (Lipinski definition) is 1. The molecule has 0 atom stereocenters. The van der Waals surface area contributed by atoms with Gasteiger partial charge in [-0.05, 0) is 37.5 Å². The Bertz CT molecular complexity index is 1180. The van der Waals surface area contributed by atoms with E-state index in [-0.39, 0.29) is 11.7 Å². The maximum absolute atomic E-state index is 12.5. The zero-order valence-electron chi connectivity index (χ0n) is 16.8. The molecule has 0 saturated carbocycles. The van der Waals surface area contributed by atoms with Crippen molar-refractivity contribution in [3.63, 3.8) is 0 Å². The number of nitrogens with zero attached hydrogens (tertiary/aromatic N) is 4. The van der Waals surface area contributed by atoms with Gasteiger partial charge in [-0.3, -0.25) is 4.79 Å². The van der Waals surface area contributed by atoms with Gasteiger partial charge in [-0.2, -0.15) is 0 Å². The fraction of sp³-hybridized carbons (Fsp3) is 0.273. The Hall–Kier alpha value is -2.93. The summed E-state index contributed by atoms with van der Waals surface area (Å²) >= 11 is 1.30. The highest BCUT2D eigenvalue weighted by atomic mass is 32.2. The summed E-state index contributed by atoms with van der Waals surface area (Å²) in [6.07, 6.45) is 0.998. The van der Waals surface area contributed by atoms with Crippen LogP contribution in [0.5, 0.6) is 0 Å². The maximum atomic E-state index is 12.5. The number of anilines is 1. The van der Waals surface area contributed by atoms with Crippen LogP contribution in [0.25, 0.3) is 22.1 Å². The molecule has 148 valence electrons.